The van der Waals surface area contributed by atoms with Gasteiger partial charge in [-0.3, -0.25) is 4.79 Å². The maximum Gasteiger partial charge on any atom is 0.287 e. The topological polar surface area (TPSA) is 42.2 Å². The summed E-state index contributed by atoms with van der Waals surface area (Å²) in [6.07, 6.45) is 5.08. The maximum absolute atomic E-state index is 11.9. The number of hydrogen-bond donors (Lipinski definition) is 1. The van der Waals surface area contributed by atoms with Crippen molar-refractivity contribution in [2.75, 3.05) is 11.9 Å². The van der Waals surface area contributed by atoms with Gasteiger partial charge >= 0.3 is 0 Å². The third-order valence-electron chi connectivity index (χ3n) is 3.75. The van der Waals surface area contributed by atoms with E-state index in [9.17, 15) is 4.79 Å². The lowest BCUT2D eigenvalue weighted by atomic mass is 9.80. The first-order chi connectivity index (χ1) is 8.70. The largest absolute Gasteiger partial charge is 0.456 e. The van der Waals surface area contributed by atoms with Crippen LogP contribution in [-0.4, -0.2) is 17.8 Å². The summed E-state index contributed by atoms with van der Waals surface area (Å²) in [6.45, 7) is 2.60. The van der Waals surface area contributed by atoms with Crippen LogP contribution in [0, 0.1) is 18.8 Å². The van der Waals surface area contributed by atoms with E-state index in [0.29, 0.717) is 17.6 Å². The van der Waals surface area contributed by atoms with Crippen LogP contribution in [0.4, 0.5) is 0 Å². The van der Waals surface area contributed by atoms with Gasteiger partial charge in [0.15, 0.2) is 5.76 Å². The average molecular weight is 314 g/mol. The van der Waals surface area contributed by atoms with Crippen LogP contribution in [0.3, 0.4) is 0 Å². The Hall–Kier alpha value is -0.770. The highest BCUT2D eigenvalue weighted by Gasteiger charge is 2.24. The fourth-order valence-corrected chi connectivity index (χ4v) is 3.48. The molecule has 2 atom stereocenters. The molecule has 1 fully saturated rings. The van der Waals surface area contributed by atoms with Crippen molar-refractivity contribution < 1.29 is 9.21 Å². The second kappa shape index (κ2) is 6.41. The number of furan rings is 1. The molecule has 0 aliphatic heterocycles. The molecule has 1 aromatic rings. The molecule has 1 aromatic heterocycles. The van der Waals surface area contributed by atoms with Crippen LogP contribution in [0.5, 0.6) is 0 Å². The molecule has 1 N–H and O–H groups in total. The average Bonchev–Trinajstić information content (AvgIpc) is 2.83. The molecule has 1 aliphatic carbocycles. The zero-order chi connectivity index (χ0) is 13.0. The molecule has 0 aromatic carbocycles. The third-order valence-corrected chi connectivity index (χ3v) is 4.59. The molecule has 0 bridgehead atoms. The van der Waals surface area contributed by atoms with Crippen LogP contribution in [0.15, 0.2) is 16.5 Å². The highest BCUT2D eigenvalue weighted by atomic mass is 79.9. The number of carbonyl (C=O) groups is 1. The number of hydrogen-bond acceptors (Lipinski definition) is 2. The molecule has 18 heavy (non-hydrogen) atoms. The van der Waals surface area contributed by atoms with Crippen LogP contribution < -0.4 is 5.32 Å². The predicted molar refractivity (Wildman–Crippen MR) is 75.0 cm³/mol. The third kappa shape index (κ3) is 3.37. The zero-order valence-corrected chi connectivity index (χ0v) is 12.3. The van der Waals surface area contributed by atoms with Gasteiger partial charge in [0.1, 0.15) is 5.76 Å². The minimum atomic E-state index is -0.0954. The van der Waals surface area contributed by atoms with E-state index in [2.05, 4.69) is 21.2 Å². The first kappa shape index (κ1) is 13.7. The highest BCUT2D eigenvalue weighted by Crippen LogP contribution is 2.30. The van der Waals surface area contributed by atoms with E-state index >= 15 is 0 Å². The number of nitrogens with one attached hydrogen (secondary N) is 1. The fraction of sp³-hybridized carbons (Fsp3) is 0.643. The van der Waals surface area contributed by atoms with Crippen LogP contribution in [0.2, 0.25) is 0 Å². The Morgan fingerprint density at radius 1 is 1.39 bits per heavy atom. The Morgan fingerprint density at radius 3 is 2.72 bits per heavy atom. The molecule has 1 aliphatic rings. The first-order valence-corrected chi connectivity index (χ1v) is 7.73. The second-order valence-corrected chi connectivity index (χ2v) is 5.73. The van der Waals surface area contributed by atoms with Gasteiger partial charge in [-0.1, -0.05) is 28.8 Å². The van der Waals surface area contributed by atoms with Crippen molar-refractivity contribution in [2.24, 2.45) is 11.8 Å². The van der Waals surface area contributed by atoms with Crippen LogP contribution in [-0.2, 0) is 0 Å². The number of carbonyl (C=O) groups excluding carboxylic acids is 1. The van der Waals surface area contributed by atoms with Crippen molar-refractivity contribution in [3.05, 3.63) is 23.7 Å². The maximum atomic E-state index is 11.9. The SMILES string of the molecule is Cc1ccc(C(=O)NCC2CCCCC2CBr)o1. The second-order valence-electron chi connectivity index (χ2n) is 5.08. The molecule has 4 heteroatoms. The Bertz CT molecular complexity index is 402. The van der Waals surface area contributed by atoms with Crippen molar-refractivity contribution >= 4 is 21.8 Å². The smallest absolute Gasteiger partial charge is 0.287 e. The summed E-state index contributed by atoms with van der Waals surface area (Å²) in [6, 6.07) is 3.55. The van der Waals surface area contributed by atoms with Gasteiger partial charge in [0.25, 0.3) is 5.91 Å². The number of halogens is 1. The van der Waals surface area contributed by atoms with Gasteiger partial charge in [0.2, 0.25) is 0 Å². The molecular weight excluding hydrogens is 294 g/mol. The van der Waals surface area contributed by atoms with Crippen LogP contribution in [0.1, 0.15) is 42.0 Å². The summed E-state index contributed by atoms with van der Waals surface area (Å²) in [5.74, 6) is 2.38. The van der Waals surface area contributed by atoms with Crippen LogP contribution >= 0.6 is 15.9 Å². The summed E-state index contributed by atoms with van der Waals surface area (Å²) in [7, 11) is 0. The predicted octanol–water partition coefficient (Wildman–Crippen LogP) is 3.52. The van der Waals surface area contributed by atoms with Crippen molar-refractivity contribution in [3.8, 4) is 0 Å². The Labute approximate surface area is 116 Å². The van der Waals surface area contributed by atoms with E-state index in [1.165, 1.54) is 25.7 Å². The summed E-state index contributed by atoms with van der Waals surface area (Å²) >= 11 is 3.58. The number of aryl methyl sites for hydroxylation is 1. The summed E-state index contributed by atoms with van der Waals surface area (Å²) in [5.41, 5.74) is 0. The zero-order valence-electron chi connectivity index (χ0n) is 10.7. The van der Waals surface area contributed by atoms with Crippen molar-refractivity contribution in [2.45, 2.75) is 32.6 Å². The van der Waals surface area contributed by atoms with Crippen molar-refractivity contribution in [1.82, 2.24) is 5.32 Å². The number of amides is 1. The van der Waals surface area contributed by atoms with Gasteiger partial charge < -0.3 is 9.73 Å². The normalized spacial score (nSPS) is 23.9. The van der Waals surface area contributed by atoms with Gasteiger partial charge in [-0.05, 0) is 43.7 Å². The minimum absolute atomic E-state index is 0.0954. The molecule has 1 heterocycles. The monoisotopic (exact) mass is 313 g/mol. The molecule has 2 rings (SSSR count). The molecule has 3 nitrogen and oxygen atoms in total. The lowest BCUT2D eigenvalue weighted by molar-refractivity contribution is 0.0908. The van der Waals surface area contributed by atoms with E-state index < -0.39 is 0 Å². The van der Waals surface area contributed by atoms with E-state index in [0.717, 1.165) is 17.6 Å². The molecule has 1 amide bonds. The minimum Gasteiger partial charge on any atom is -0.456 e. The lowest BCUT2D eigenvalue weighted by Crippen LogP contribution is -2.34. The van der Waals surface area contributed by atoms with Gasteiger partial charge in [0.05, 0.1) is 0 Å². The van der Waals surface area contributed by atoms with Gasteiger partial charge in [0, 0.05) is 11.9 Å². The lowest BCUT2D eigenvalue weighted by Gasteiger charge is -2.30. The quantitative estimate of drug-likeness (QED) is 0.864. The van der Waals surface area contributed by atoms with E-state index in [1.54, 1.807) is 6.07 Å². The summed E-state index contributed by atoms with van der Waals surface area (Å²) < 4.78 is 5.32. The molecule has 2 unspecified atom stereocenters. The molecule has 0 saturated heterocycles. The Morgan fingerprint density at radius 2 is 2.11 bits per heavy atom. The highest BCUT2D eigenvalue weighted by molar-refractivity contribution is 9.09. The van der Waals surface area contributed by atoms with Gasteiger partial charge in [-0.25, -0.2) is 0 Å². The summed E-state index contributed by atoms with van der Waals surface area (Å²) in [5, 5.41) is 4.03. The molecular formula is C14H20BrNO2. The van der Waals surface area contributed by atoms with Crippen molar-refractivity contribution in [3.63, 3.8) is 0 Å². The van der Waals surface area contributed by atoms with E-state index in [1.807, 2.05) is 13.0 Å². The van der Waals surface area contributed by atoms with Crippen molar-refractivity contribution in [1.29, 1.82) is 0 Å². The molecule has 0 radical (unpaired) electrons. The Balaban J connectivity index is 1.85. The fourth-order valence-electron chi connectivity index (χ4n) is 2.62. The molecule has 0 spiro atoms. The van der Waals surface area contributed by atoms with E-state index in [-0.39, 0.29) is 5.91 Å². The molecule has 100 valence electrons. The standard InChI is InChI=1S/C14H20BrNO2/c1-10-6-7-13(18-10)14(17)16-9-12-5-3-2-4-11(12)8-15/h6-7,11-12H,2-5,8-9H2,1H3,(H,16,17). The number of rotatable bonds is 4. The summed E-state index contributed by atoms with van der Waals surface area (Å²) in [4.78, 5) is 11.9. The molecule has 1 saturated carbocycles. The first-order valence-electron chi connectivity index (χ1n) is 6.61. The van der Waals surface area contributed by atoms with E-state index in [4.69, 9.17) is 4.42 Å². The number of alkyl halides is 1. The van der Waals surface area contributed by atoms with Crippen LogP contribution in [0.25, 0.3) is 0 Å². The Kier molecular flexibility index (Phi) is 4.87. The van der Waals surface area contributed by atoms with Gasteiger partial charge in [-0.2, -0.15) is 0 Å². The van der Waals surface area contributed by atoms with Gasteiger partial charge in [-0.15, -0.1) is 0 Å².